The van der Waals surface area contributed by atoms with Gasteiger partial charge in [0.1, 0.15) is 0 Å². The Bertz CT molecular complexity index is 355. The van der Waals surface area contributed by atoms with Crippen molar-refractivity contribution in [2.75, 3.05) is 0 Å². The van der Waals surface area contributed by atoms with E-state index in [1.807, 2.05) is 11.3 Å². The summed E-state index contributed by atoms with van der Waals surface area (Å²) in [6, 6.07) is 4.49. The van der Waals surface area contributed by atoms with E-state index < -0.39 is 0 Å². The van der Waals surface area contributed by atoms with Gasteiger partial charge in [0.05, 0.1) is 5.38 Å². The molecule has 17 heavy (non-hydrogen) atoms. The first kappa shape index (κ1) is 13.4. The van der Waals surface area contributed by atoms with Crippen molar-refractivity contribution in [1.82, 2.24) is 0 Å². The van der Waals surface area contributed by atoms with E-state index in [2.05, 4.69) is 32.9 Å². The van der Waals surface area contributed by atoms with Crippen molar-refractivity contribution in [2.45, 2.75) is 63.7 Å². The molecule has 0 N–H and O–H groups in total. The molecule has 0 bridgehead atoms. The molecular weight excluding hydrogens is 248 g/mol. The Morgan fingerprint density at radius 3 is 2.47 bits per heavy atom. The lowest BCUT2D eigenvalue weighted by molar-refractivity contribution is 0.498. The molecule has 1 atom stereocenters. The smallest absolute Gasteiger partial charge is 0.0681 e. The summed E-state index contributed by atoms with van der Waals surface area (Å²) in [4.78, 5) is 2.81. The highest BCUT2D eigenvalue weighted by molar-refractivity contribution is 7.12. The van der Waals surface area contributed by atoms with Crippen LogP contribution in [0, 0.1) is 5.92 Å². The fraction of sp³-hybridized carbons (Fsp3) is 0.733. The predicted octanol–water partition coefficient (Wildman–Crippen LogP) is 5.91. The molecule has 1 unspecified atom stereocenters. The molecule has 1 saturated carbocycles. The van der Waals surface area contributed by atoms with E-state index in [9.17, 15) is 0 Å². The average Bonchev–Trinajstić information content (AvgIpc) is 2.85. The average molecular weight is 271 g/mol. The van der Waals surface area contributed by atoms with E-state index >= 15 is 0 Å². The molecule has 2 heteroatoms. The maximum absolute atomic E-state index is 6.56. The topological polar surface area (TPSA) is 0 Å². The van der Waals surface area contributed by atoms with Crippen molar-refractivity contribution in [3.8, 4) is 0 Å². The van der Waals surface area contributed by atoms with Crippen molar-refractivity contribution in [1.29, 1.82) is 0 Å². The Labute approximate surface area is 114 Å². The fourth-order valence-electron chi connectivity index (χ4n) is 2.58. The van der Waals surface area contributed by atoms with E-state index in [4.69, 9.17) is 11.6 Å². The largest absolute Gasteiger partial charge is 0.143 e. The molecule has 0 saturated heterocycles. The zero-order valence-corrected chi connectivity index (χ0v) is 12.7. The molecule has 1 aliphatic carbocycles. The third-order valence-corrected chi connectivity index (χ3v) is 5.86. The summed E-state index contributed by atoms with van der Waals surface area (Å²) < 4.78 is 0. The van der Waals surface area contributed by atoms with Crippen LogP contribution in [-0.2, 0) is 5.41 Å². The third-order valence-electron chi connectivity index (χ3n) is 3.69. The second-order valence-corrected chi connectivity index (χ2v) is 7.95. The molecule has 0 aliphatic heterocycles. The highest BCUT2D eigenvalue weighted by atomic mass is 35.5. The summed E-state index contributed by atoms with van der Waals surface area (Å²) in [5, 5.41) is 0.235. The maximum Gasteiger partial charge on any atom is 0.0681 e. The Morgan fingerprint density at radius 1 is 1.29 bits per heavy atom. The van der Waals surface area contributed by atoms with Crippen molar-refractivity contribution < 1.29 is 0 Å². The SMILES string of the molecule is CC(C)(C)c1ccc(C(Cl)CC2CCCC2)s1. The summed E-state index contributed by atoms with van der Waals surface area (Å²) >= 11 is 8.46. The lowest BCUT2D eigenvalue weighted by Gasteiger charge is -2.16. The lowest BCUT2D eigenvalue weighted by Crippen LogP contribution is -2.07. The van der Waals surface area contributed by atoms with Gasteiger partial charge < -0.3 is 0 Å². The van der Waals surface area contributed by atoms with Crippen LogP contribution in [0.5, 0.6) is 0 Å². The minimum absolute atomic E-state index is 0.235. The molecule has 0 aromatic carbocycles. The second-order valence-electron chi connectivity index (χ2n) is 6.31. The van der Waals surface area contributed by atoms with Crippen LogP contribution >= 0.6 is 22.9 Å². The number of alkyl halides is 1. The van der Waals surface area contributed by atoms with Crippen molar-refractivity contribution in [3.63, 3.8) is 0 Å². The normalized spacial score (nSPS) is 19.8. The van der Waals surface area contributed by atoms with Crippen LogP contribution < -0.4 is 0 Å². The molecule has 0 radical (unpaired) electrons. The van der Waals surface area contributed by atoms with Crippen LogP contribution in [0.3, 0.4) is 0 Å². The molecule has 0 nitrogen and oxygen atoms in total. The molecule has 1 aromatic rings. The molecule has 1 heterocycles. The Balaban J connectivity index is 1.99. The minimum Gasteiger partial charge on any atom is -0.143 e. The standard InChI is InChI=1S/C15H23ClS/c1-15(2,3)14-9-8-13(17-14)12(16)10-11-6-4-5-7-11/h8-9,11-12H,4-7,10H2,1-3H3. The van der Waals surface area contributed by atoms with Crippen molar-refractivity contribution in [2.24, 2.45) is 5.92 Å². The van der Waals surface area contributed by atoms with E-state index in [0.717, 1.165) is 5.92 Å². The molecule has 0 amide bonds. The van der Waals surface area contributed by atoms with Gasteiger partial charge in [-0.3, -0.25) is 0 Å². The first-order valence-electron chi connectivity index (χ1n) is 6.71. The predicted molar refractivity (Wildman–Crippen MR) is 78.2 cm³/mol. The van der Waals surface area contributed by atoms with Gasteiger partial charge in [-0.25, -0.2) is 0 Å². The fourth-order valence-corrected chi connectivity index (χ4v) is 4.09. The van der Waals surface area contributed by atoms with Crippen LogP contribution in [0.1, 0.15) is 68.0 Å². The molecule has 96 valence electrons. The number of hydrogen-bond acceptors (Lipinski definition) is 1. The second kappa shape index (κ2) is 5.32. The number of hydrogen-bond donors (Lipinski definition) is 0. The first-order valence-corrected chi connectivity index (χ1v) is 7.96. The summed E-state index contributed by atoms with van der Waals surface area (Å²) in [6.45, 7) is 6.80. The zero-order valence-electron chi connectivity index (χ0n) is 11.1. The molecule has 1 fully saturated rings. The van der Waals surface area contributed by atoms with Crippen LogP contribution in [0.2, 0.25) is 0 Å². The molecule has 1 aromatic heterocycles. The first-order chi connectivity index (χ1) is 7.97. The van der Waals surface area contributed by atoms with E-state index in [0.29, 0.717) is 0 Å². The van der Waals surface area contributed by atoms with E-state index in [-0.39, 0.29) is 10.8 Å². The van der Waals surface area contributed by atoms with Crippen LogP contribution in [0.25, 0.3) is 0 Å². The van der Waals surface area contributed by atoms with Crippen LogP contribution in [-0.4, -0.2) is 0 Å². The van der Waals surface area contributed by atoms with Gasteiger partial charge in [0.25, 0.3) is 0 Å². The monoisotopic (exact) mass is 270 g/mol. The molecule has 0 spiro atoms. The third kappa shape index (κ3) is 3.48. The summed E-state index contributed by atoms with van der Waals surface area (Å²) in [6.07, 6.45) is 6.77. The Hall–Kier alpha value is -0.0100. The van der Waals surface area contributed by atoms with Gasteiger partial charge in [0.2, 0.25) is 0 Å². The van der Waals surface area contributed by atoms with Gasteiger partial charge in [-0.2, -0.15) is 0 Å². The summed E-state index contributed by atoms with van der Waals surface area (Å²) in [7, 11) is 0. The Morgan fingerprint density at radius 2 is 1.94 bits per heavy atom. The van der Waals surface area contributed by atoms with E-state index in [1.54, 1.807) is 0 Å². The number of rotatable bonds is 3. The molecule has 1 aliphatic rings. The van der Waals surface area contributed by atoms with Crippen LogP contribution in [0.15, 0.2) is 12.1 Å². The zero-order chi connectivity index (χ0) is 12.5. The van der Waals surface area contributed by atoms with Gasteiger partial charge >= 0.3 is 0 Å². The molecular formula is C15H23ClS. The van der Waals surface area contributed by atoms with Crippen molar-refractivity contribution in [3.05, 3.63) is 21.9 Å². The van der Waals surface area contributed by atoms with Crippen LogP contribution in [0.4, 0.5) is 0 Å². The Kier molecular flexibility index (Phi) is 4.20. The van der Waals surface area contributed by atoms with Gasteiger partial charge in [-0.05, 0) is 29.9 Å². The minimum atomic E-state index is 0.235. The number of halogens is 1. The molecule has 2 rings (SSSR count). The highest BCUT2D eigenvalue weighted by Crippen LogP contribution is 2.40. The lowest BCUT2D eigenvalue weighted by atomic mass is 9.95. The maximum atomic E-state index is 6.56. The van der Waals surface area contributed by atoms with Gasteiger partial charge in [0, 0.05) is 9.75 Å². The van der Waals surface area contributed by atoms with Gasteiger partial charge in [-0.1, -0.05) is 46.5 Å². The highest BCUT2D eigenvalue weighted by Gasteiger charge is 2.22. The number of thiophene rings is 1. The van der Waals surface area contributed by atoms with Crippen molar-refractivity contribution >= 4 is 22.9 Å². The summed E-state index contributed by atoms with van der Waals surface area (Å²) in [5.74, 6) is 0.873. The van der Waals surface area contributed by atoms with E-state index in [1.165, 1.54) is 41.9 Å². The van der Waals surface area contributed by atoms with Gasteiger partial charge in [-0.15, -0.1) is 22.9 Å². The summed E-state index contributed by atoms with van der Waals surface area (Å²) in [5.41, 5.74) is 0.257. The quantitative estimate of drug-likeness (QED) is 0.599. The van der Waals surface area contributed by atoms with Gasteiger partial charge in [0.15, 0.2) is 0 Å².